The lowest BCUT2D eigenvalue weighted by molar-refractivity contribution is -0.129. The van der Waals surface area contributed by atoms with Crippen molar-refractivity contribution >= 4 is 22.6 Å². The Morgan fingerprint density at radius 3 is 2.64 bits per heavy atom. The number of benzene rings is 2. The number of carbonyl (C=O) groups excluding carboxylic acids is 2. The first kappa shape index (κ1) is 24.7. The van der Waals surface area contributed by atoms with E-state index in [4.69, 9.17) is 9.94 Å². The van der Waals surface area contributed by atoms with Crippen molar-refractivity contribution in [1.82, 2.24) is 15.7 Å². The van der Waals surface area contributed by atoms with Gasteiger partial charge in [-0.3, -0.25) is 14.8 Å². The highest BCUT2D eigenvalue weighted by Gasteiger charge is 2.21. The summed E-state index contributed by atoms with van der Waals surface area (Å²) in [5.41, 5.74) is 2.25. The third kappa shape index (κ3) is 7.58. The molecule has 3 N–H and O–H groups in total. The summed E-state index contributed by atoms with van der Waals surface area (Å²) in [6.07, 6.45) is 6.12. The number of nitrogens with one attached hydrogen (secondary N) is 2. The Labute approximate surface area is 195 Å². The largest absolute Gasteiger partial charge is 0.488 e. The summed E-state index contributed by atoms with van der Waals surface area (Å²) >= 11 is 0. The normalized spacial score (nSPS) is 15.4. The van der Waals surface area contributed by atoms with E-state index < -0.39 is 5.91 Å². The van der Waals surface area contributed by atoms with Gasteiger partial charge in [0.05, 0.1) is 5.57 Å². The van der Waals surface area contributed by atoms with Gasteiger partial charge < -0.3 is 15.0 Å². The van der Waals surface area contributed by atoms with Crippen LogP contribution in [0.1, 0.15) is 45.4 Å². The second kappa shape index (κ2) is 13.0. The van der Waals surface area contributed by atoms with Gasteiger partial charge in [-0.15, -0.1) is 0 Å². The molecule has 7 heteroatoms. The minimum absolute atomic E-state index is 0.0849. The van der Waals surface area contributed by atoms with E-state index in [1.54, 1.807) is 5.48 Å². The molecule has 0 bridgehead atoms. The molecule has 1 aliphatic rings. The molecule has 1 aliphatic heterocycles. The molecule has 0 unspecified atom stereocenters. The highest BCUT2D eigenvalue weighted by Crippen LogP contribution is 2.25. The summed E-state index contributed by atoms with van der Waals surface area (Å²) in [5.74, 6) is 0.274. The second-order valence-electron chi connectivity index (χ2n) is 8.46. The van der Waals surface area contributed by atoms with Crippen molar-refractivity contribution < 1.29 is 19.5 Å². The second-order valence-corrected chi connectivity index (χ2v) is 8.46. The van der Waals surface area contributed by atoms with Gasteiger partial charge in [-0.1, -0.05) is 49.4 Å². The van der Waals surface area contributed by atoms with Crippen molar-refractivity contribution in [2.24, 2.45) is 0 Å². The van der Waals surface area contributed by atoms with Crippen molar-refractivity contribution in [2.45, 2.75) is 51.5 Å². The highest BCUT2D eigenvalue weighted by molar-refractivity contribution is 5.94. The molecule has 7 nitrogen and oxygen atoms in total. The Balaban J connectivity index is 1.63. The van der Waals surface area contributed by atoms with E-state index in [1.165, 1.54) is 0 Å². The zero-order valence-electron chi connectivity index (χ0n) is 19.4. The molecule has 0 aliphatic carbocycles. The number of nitrogens with zero attached hydrogens (tertiary/aromatic N) is 1. The number of hydrogen-bond acceptors (Lipinski definition) is 5. The van der Waals surface area contributed by atoms with Crippen LogP contribution in [0, 0.1) is 0 Å². The van der Waals surface area contributed by atoms with Crippen LogP contribution in [0.5, 0.6) is 5.75 Å². The van der Waals surface area contributed by atoms with Crippen LogP contribution in [0.25, 0.3) is 10.8 Å². The summed E-state index contributed by atoms with van der Waals surface area (Å²) in [6, 6.07) is 14.1. The van der Waals surface area contributed by atoms with Gasteiger partial charge in [0.2, 0.25) is 5.91 Å². The maximum Gasteiger partial charge on any atom is 0.250 e. The number of fused-ring (bicyclic) bond motifs is 1. The van der Waals surface area contributed by atoms with Crippen molar-refractivity contribution in [3.63, 3.8) is 0 Å². The molecule has 33 heavy (non-hydrogen) atoms. The Hall–Kier alpha value is -2.90. The molecule has 0 aromatic heterocycles. The van der Waals surface area contributed by atoms with E-state index in [1.807, 2.05) is 48.5 Å². The lowest BCUT2D eigenvalue weighted by atomic mass is 10.0. The Morgan fingerprint density at radius 1 is 1.12 bits per heavy atom. The number of rotatable bonds is 11. The fourth-order valence-corrected chi connectivity index (χ4v) is 4.13. The maximum absolute atomic E-state index is 13.1. The third-order valence-electron chi connectivity index (χ3n) is 6.17. The van der Waals surface area contributed by atoms with Crippen molar-refractivity contribution in [2.75, 3.05) is 26.2 Å². The topological polar surface area (TPSA) is 90.9 Å². The summed E-state index contributed by atoms with van der Waals surface area (Å²) < 4.78 is 6.10. The monoisotopic (exact) mass is 453 g/mol. The number of piperidine rings is 1. The first-order valence-corrected chi connectivity index (χ1v) is 11.9. The molecule has 2 amide bonds. The number of allylic oxidation sites excluding steroid dienone is 1. The molecule has 1 fully saturated rings. The van der Waals surface area contributed by atoms with Gasteiger partial charge in [0.25, 0.3) is 5.91 Å². The van der Waals surface area contributed by atoms with E-state index in [0.29, 0.717) is 18.4 Å². The van der Waals surface area contributed by atoms with Crippen molar-refractivity contribution in [3.8, 4) is 5.75 Å². The average Bonchev–Trinajstić information content (AvgIpc) is 2.85. The molecular weight excluding hydrogens is 418 g/mol. The van der Waals surface area contributed by atoms with Crippen LogP contribution in [-0.4, -0.2) is 54.2 Å². The minimum Gasteiger partial charge on any atom is -0.488 e. The summed E-state index contributed by atoms with van der Waals surface area (Å²) in [6.45, 7) is 5.39. The smallest absolute Gasteiger partial charge is 0.250 e. The van der Waals surface area contributed by atoms with Gasteiger partial charge in [-0.25, -0.2) is 5.48 Å². The molecule has 1 heterocycles. The fraction of sp³-hybridized carbons (Fsp3) is 0.462. The first-order chi connectivity index (χ1) is 16.1. The molecule has 0 spiro atoms. The van der Waals surface area contributed by atoms with E-state index in [9.17, 15) is 9.59 Å². The fourth-order valence-electron chi connectivity index (χ4n) is 4.13. The standard InChI is InChI=1S/C26H35N3O4/c1-2-29-17-15-22(16-18-29)27-26(31)21(10-4-3-5-14-25(30)28-32)19-33-24-13-8-11-20-9-6-7-12-23(20)24/h6-13,22,32H,2-5,14-19H2,1H3,(H,27,31)(H,28,30). The van der Waals surface area contributed by atoms with Gasteiger partial charge in [0, 0.05) is 30.9 Å². The molecule has 0 radical (unpaired) electrons. The number of likely N-dealkylation sites (tertiary alicyclic amines) is 1. The third-order valence-corrected chi connectivity index (χ3v) is 6.17. The van der Waals surface area contributed by atoms with Gasteiger partial charge in [0.15, 0.2) is 0 Å². The number of ether oxygens (including phenoxy) is 1. The van der Waals surface area contributed by atoms with Crippen LogP contribution in [0.4, 0.5) is 0 Å². The molecule has 1 saturated heterocycles. The van der Waals surface area contributed by atoms with Crippen molar-refractivity contribution in [3.05, 3.63) is 54.1 Å². The van der Waals surface area contributed by atoms with Gasteiger partial charge in [-0.2, -0.15) is 0 Å². The highest BCUT2D eigenvalue weighted by atomic mass is 16.5. The first-order valence-electron chi connectivity index (χ1n) is 11.9. The van der Waals surface area contributed by atoms with E-state index in [2.05, 4.69) is 17.1 Å². The number of unbranched alkanes of at least 4 members (excludes halogenated alkanes) is 2. The van der Waals surface area contributed by atoms with Gasteiger partial charge in [-0.05, 0) is 50.1 Å². The van der Waals surface area contributed by atoms with Crippen LogP contribution in [0.3, 0.4) is 0 Å². The number of carbonyl (C=O) groups is 2. The molecule has 2 aromatic rings. The molecular formula is C26H35N3O4. The maximum atomic E-state index is 13.1. The van der Waals surface area contributed by atoms with Crippen LogP contribution in [-0.2, 0) is 9.59 Å². The lowest BCUT2D eigenvalue weighted by Crippen LogP contribution is -2.45. The van der Waals surface area contributed by atoms with Crippen LogP contribution >= 0.6 is 0 Å². The van der Waals surface area contributed by atoms with Crippen LogP contribution < -0.4 is 15.5 Å². The van der Waals surface area contributed by atoms with Gasteiger partial charge in [0.1, 0.15) is 12.4 Å². The average molecular weight is 454 g/mol. The lowest BCUT2D eigenvalue weighted by Gasteiger charge is -2.31. The zero-order valence-corrected chi connectivity index (χ0v) is 19.4. The predicted molar refractivity (Wildman–Crippen MR) is 129 cm³/mol. The van der Waals surface area contributed by atoms with E-state index in [-0.39, 0.29) is 25.0 Å². The summed E-state index contributed by atoms with van der Waals surface area (Å²) in [7, 11) is 0. The van der Waals surface area contributed by atoms with Crippen molar-refractivity contribution in [1.29, 1.82) is 0 Å². The summed E-state index contributed by atoms with van der Waals surface area (Å²) in [4.78, 5) is 26.7. The SMILES string of the molecule is CCN1CCC(NC(=O)C(=CCCCCC(=O)NO)COc2cccc3ccccc23)CC1. The Kier molecular flexibility index (Phi) is 9.72. The summed E-state index contributed by atoms with van der Waals surface area (Å²) in [5, 5.41) is 13.9. The molecule has 2 aromatic carbocycles. The molecule has 0 saturated carbocycles. The molecule has 178 valence electrons. The number of hydroxylamine groups is 1. The minimum atomic E-state index is -0.394. The molecule has 3 rings (SSSR count). The van der Waals surface area contributed by atoms with Crippen LogP contribution in [0.15, 0.2) is 54.1 Å². The Morgan fingerprint density at radius 2 is 1.88 bits per heavy atom. The van der Waals surface area contributed by atoms with E-state index in [0.717, 1.165) is 55.4 Å². The number of hydrogen-bond donors (Lipinski definition) is 3. The van der Waals surface area contributed by atoms with Crippen LogP contribution in [0.2, 0.25) is 0 Å². The Bertz CT molecular complexity index is 946. The quantitative estimate of drug-likeness (QED) is 0.208. The van der Waals surface area contributed by atoms with E-state index >= 15 is 0 Å². The molecule has 0 atom stereocenters. The predicted octanol–water partition coefficient (Wildman–Crippen LogP) is 3.81. The zero-order chi connectivity index (χ0) is 23.5. The van der Waals surface area contributed by atoms with Gasteiger partial charge >= 0.3 is 0 Å². The number of amides is 2.